The number of methoxy groups -OCH3 is 2. The maximum Gasteiger partial charge on any atom is 0.225 e. The molecule has 0 radical (unpaired) electrons. The Labute approximate surface area is 219 Å². The monoisotopic (exact) mass is 548 g/mol. The minimum Gasteiger partial charge on any atom is -0.494 e. The molecule has 0 amide bonds. The third-order valence-electron chi connectivity index (χ3n) is 6.72. The van der Waals surface area contributed by atoms with E-state index in [0.717, 1.165) is 18.8 Å². The van der Waals surface area contributed by atoms with E-state index in [1.54, 1.807) is 27.7 Å². The van der Waals surface area contributed by atoms with Gasteiger partial charge in [0.05, 0.1) is 38.0 Å². The molecule has 14 heteroatoms. The van der Waals surface area contributed by atoms with Crippen LogP contribution in [0.2, 0.25) is 0 Å². The molecule has 2 aromatic heterocycles. The third kappa shape index (κ3) is 5.15. The van der Waals surface area contributed by atoms with Crippen LogP contribution in [0.5, 0.6) is 11.5 Å². The molecule has 2 fully saturated rings. The van der Waals surface area contributed by atoms with Crippen molar-refractivity contribution in [2.24, 2.45) is 0 Å². The summed E-state index contributed by atoms with van der Waals surface area (Å²) in [7, 11) is -0.847. The predicted molar refractivity (Wildman–Crippen MR) is 134 cm³/mol. The van der Waals surface area contributed by atoms with Crippen LogP contribution in [0.25, 0.3) is 5.69 Å². The number of aliphatic hydroxyl groups is 1. The molecule has 0 spiro atoms. The third-order valence-corrected chi connectivity index (χ3v) is 8.73. The van der Waals surface area contributed by atoms with Crippen molar-refractivity contribution in [3.8, 4) is 17.2 Å². The summed E-state index contributed by atoms with van der Waals surface area (Å²) in [5, 5.41) is 18.2. The summed E-state index contributed by atoms with van der Waals surface area (Å²) in [5.74, 6) is 0.619. The highest BCUT2D eigenvalue weighted by molar-refractivity contribution is 7.91. The summed E-state index contributed by atoms with van der Waals surface area (Å²) >= 11 is 0. The minimum absolute atomic E-state index is 0.0325. The first-order valence-electron chi connectivity index (χ1n) is 12.2. The van der Waals surface area contributed by atoms with Crippen molar-refractivity contribution in [3.63, 3.8) is 0 Å². The van der Waals surface area contributed by atoms with Crippen LogP contribution in [0.1, 0.15) is 37.0 Å². The van der Waals surface area contributed by atoms with E-state index in [-0.39, 0.29) is 37.4 Å². The van der Waals surface area contributed by atoms with Gasteiger partial charge in [0.2, 0.25) is 5.95 Å². The predicted octanol–water partition coefficient (Wildman–Crippen LogP) is 1.62. The second-order valence-electron chi connectivity index (χ2n) is 9.25. The first-order chi connectivity index (χ1) is 18.3. The van der Waals surface area contributed by atoms with Gasteiger partial charge in [-0.15, -0.1) is 10.2 Å². The van der Waals surface area contributed by atoms with Crippen molar-refractivity contribution in [2.75, 3.05) is 38.8 Å². The molecule has 0 bridgehead atoms. The number of nitrogens with zero attached hydrogens (tertiary/aromatic N) is 6. The van der Waals surface area contributed by atoms with Crippen LogP contribution in [0, 0.1) is 5.82 Å². The van der Waals surface area contributed by atoms with Crippen LogP contribution in [-0.2, 0) is 20.3 Å². The van der Waals surface area contributed by atoms with E-state index in [1.165, 1.54) is 14.2 Å². The number of piperidine rings is 1. The lowest BCUT2D eigenvalue weighted by Crippen LogP contribution is -2.49. The summed E-state index contributed by atoms with van der Waals surface area (Å²) in [6.07, 6.45) is 2.29. The molecule has 0 unspecified atom stereocenters. The van der Waals surface area contributed by atoms with Gasteiger partial charge >= 0.3 is 0 Å². The first kappa shape index (κ1) is 26.3. The number of aliphatic hydroxyl groups excluding tert-OH is 1. The second kappa shape index (κ2) is 10.8. The Hall–Kier alpha value is -3.36. The summed E-state index contributed by atoms with van der Waals surface area (Å²) in [6.45, 7) is 0.737. The van der Waals surface area contributed by atoms with Gasteiger partial charge in [-0.2, -0.15) is 0 Å². The zero-order chi connectivity index (χ0) is 26.9. The zero-order valence-corrected chi connectivity index (χ0v) is 21.8. The Morgan fingerprint density at radius 3 is 2.47 bits per heavy atom. The quantitative estimate of drug-likeness (QED) is 0.439. The number of hydrogen-bond acceptors (Lipinski definition) is 11. The summed E-state index contributed by atoms with van der Waals surface area (Å²) in [5.41, 5.74) is 0.475. The Kier molecular flexibility index (Phi) is 7.45. The second-order valence-corrected chi connectivity index (χ2v) is 11.5. The first-order valence-corrected chi connectivity index (χ1v) is 13.9. The van der Waals surface area contributed by atoms with Crippen LogP contribution in [-0.4, -0.2) is 83.5 Å². The fourth-order valence-electron chi connectivity index (χ4n) is 4.93. The molecule has 38 heavy (non-hydrogen) atoms. The molecule has 2 aliphatic rings. The van der Waals surface area contributed by atoms with Gasteiger partial charge in [-0.3, -0.25) is 4.57 Å². The van der Waals surface area contributed by atoms with Crippen molar-refractivity contribution < 1.29 is 32.1 Å². The van der Waals surface area contributed by atoms with Crippen LogP contribution in [0.4, 0.5) is 10.3 Å². The Bertz CT molecular complexity index is 1360. The highest BCUT2D eigenvalue weighted by atomic mass is 32.2. The van der Waals surface area contributed by atoms with Gasteiger partial charge in [-0.1, -0.05) is 6.07 Å². The lowest BCUT2D eigenvalue weighted by atomic mass is 10.1. The number of aromatic nitrogens is 5. The lowest BCUT2D eigenvalue weighted by molar-refractivity contribution is 0.103. The van der Waals surface area contributed by atoms with E-state index in [2.05, 4.69) is 20.2 Å². The summed E-state index contributed by atoms with van der Waals surface area (Å²) in [6, 6.07) is 5.25. The Morgan fingerprint density at radius 1 is 1.13 bits per heavy atom. The maximum atomic E-state index is 13.7. The molecule has 0 aliphatic carbocycles. The number of rotatable bonds is 8. The van der Waals surface area contributed by atoms with Crippen molar-refractivity contribution in [1.29, 1.82) is 0 Å². The standard InChI is InChI=1S/C24H29FN6O6S/c1-35-18-5-3-6-19(36-2)22(18)31-21(28-29-23(31)20-7-4-8-37-20)14-38(33,34)17-9-16(32)12-30(13-17)24-26-10-15(25)11-27-24/h3,5-6,10-11,16-17,20,32H,4,7-9,12-14H2,1-2H3/t16-,17-,20+/m0/s1. The fourth-order valence-corrected chi connectivity index (χ4v) is 6.63. The Morgan fingerprint density at radius 2 is 1.84 bits per heavy atom. The van der Waals surface area contributed by atoms with Gasteiger partial charge in [0.25, 0.3) is 0 Å². The van der Waals surface area contributed by atoms with Gasteiger partial charge in [0.15, 0.2) is 27.3 Å². The number of sulfone groups is 1. The van der Waals surface area contributed by atoms with Crippen molar-refractivity contribution >= 4 is 15.8 Å². The van der Waals surface area contributed by atoms with Gasteiger partial charge in [0, 0.05) is 19.7 Å². The molecule has 2 aliphatic heterocycles. The zero-order valence-electron chi connectivity index (χ0n) is 21.0. The van der Waals surface area contributed by atoms with Crippen LogP contribution in [0.15, 0.2) is 30.6 Å². The van der Waals surface area contributed by atoms with Crippen molar-refractivity contribution in [1.82, 2.24) is 24.7 Å². The van der Waals surface area contributed by atoms with E-state index >= 15 is 0 Å². The van der Waals surface area contributed by atoms with Gasteiger partial charge < -0.3 is 24.2 Å². The molecule has 2 saturated heterocycles. The topological polar surface area (TPSA) is 142 Å². The van der Waals surface area contributed by atoms with E-state index < -0.39 is 32.8 Å². The van der Waals surface area contributed by atoms with Gasteiger partial charge in [0.1, 0.15) is 29.0 Å². The molecule has 0 saturated carbocycles. The number of β-amino-alcohol motifs (C(OH)–C–C–N with tert-alkyl or cyclic N) is 1. The van der Waals surface area contributed by atoms with Crippen LogP contribution in [0.3, 0.4) is 0 Å². The molecule has 204 valence electrons. The van der Waals surface area contributed by atoms with E-state index in [9.17, 15) is 17.9 Å². The molecule has 3 atom stereocenters. The number of benzene rings is 1. The van der Waals surface area contributed by atoms with Gasteiger partial charge in [-0.25, -0.2) is 22.8 Å². The molecule has 5 rings (SSSR count). The average molecular weight is 549 g/mol. The normalized spacial score (nSPS) is 22.0. The van der Waals surface area contributed by atoms with E-state index in [1.807, 2.05) is 0 Å². The molecule has 12 nitrogen and oxygen atoms in total. The van der Waals surface area contributed by atoms with Crippen molar-refractivity contribution in [3.05, 3.63) is 48.1 Å². The largest absolute Gasteiger partial charge is 0.494 e. The molecule has 1 N–H and O–H groups in total. The number of para-hydroxylation sites is 1. The number of halogens is 1. The number of anilines is 1. The molecular formula is C24H29FN6O6S. The number of ether oxygens (including phenoxy) is 3. The highest BCUT2D eigenvalue weighted by Gasteiger charge is 2.38. The highest BCUT2D eigenvalue weighted by Crippen LogP contribution is 2.38. The van der Waals surface area contributed by atoms with Crippen molar-refractivity contribution in [2.45, 2.75) is 42.5 Å². The minimum atomic E-state index is -3.88. The molecular weight excluding hydrogens is 519 g/mol. The smallest absolute Gasteiger partial charge is 0.225 e. The average Bonchev–Trinajstić information content (AvgIpc) is 3.58. The van der Waals surface area contributed by atoms with E-state index in [0.29, 0.717) is 36.0 Å². The van der Waals surface area contributed by atoms with Crippen LogP contribution < -0.4 is 14.4 Å². The lowest BCUT2D eigenvalue weighted by Gasteiger charge is -2.35. The number of hydrogen-bond donors (Lipinski definition) is 1. The maximum absolute atomic E-state index is 13.7. The molecule has 3 aromatic rings. The van der Waals surface area contributed by atoms with Gasteiger partial charge in [-0.05, 0) is 31.4 Å². The fraction of sp³-hybridized carbons (Fsp3) is 0.500. The summed E-state index contributed by atoms with van der Waals surface area (Å²) in [4.78, 5) is 9.43. The Balaban J connectivity index is 1.51. The SMILES string of the molecule is COc1cccc(OC)c1-n1c(CS(=O)(=O)[C@H]2C[C@H](O)CN(c3ncc(F)cn3)C2)nnc1[C@H]1CCCO1. The van der Waals surface area contributed by atoms with E-state index in [4.69, 9.17) is 14.2 Å². The summed E-state index contributed by atoms with van der Waals surface area (Å²) < 4.78 is 59.5. The van der Waals surface area contributed by atoms with Crippen LogP contribution >= 0.6 is 0 Å². The molecule has 1 aromatic carbocycles. The molecule has 4 heterocycles.